The number of benzene rings is 1. The van der Waals surface area contributed by atoms with Crippen LogP contribution in [0.5, 0.6) is 5.75 Å². The molecule has 0 spiro atoms. The molecule has 1 aliphatic rings. The summed E-state index contributed by atoms with van der Waals surface area (Å²) in [6, 6.07) is 3.53. The first-order valence-corrected chi connectivity index (χ1v) is 10.8. The van der Waals surface area contributed by atoms with Gasteiger partial charge in [-0.25, -0.2) is 0 Å². The van der Waals surface area contributed by atoms with E-state index in [9.17, 15) is 31.1 Å². The summed E-state index contributed by atoms with van der Waals surface area (Å²) in [6.07, 6.45) is -7.57. The predicted octanol–water partition coefficient (Wildman–Crippen LogP) is 5.61. The van der Waals surface area contributed by atoms with Crippen molar-refractivity contribution in [1.82, 2.24) is 9.36 Å². The molecule has 0 bridgehead atoms. The summed E-state index contributed by atoms with van der Waals surface area (Å²) in [5, 5.41) is 2.93. The monoisotopic (exact) mass is 504 g/mol. The van der Waals surface area contributed by atoms with Crippen molar-refractivity contribution >= 4 is 11.6 Å². The Morgan fingerprint density at radius 3 is 2.23 bits per heavy atom. The first kappa shape index (κ1) is 26.6. The average Bonchev–Trinajstić information content (AvgIpc) is 3.49. The Kier molecular flexibility index (Phi) is 6.98. The van der Waals surface area contributed by atoms with Crippen LogP contribution in [0.15, 0.2) is 34.4 Å². The summed E-state index contributed by atoms with van der Waals surface area (Å²) >= 11 is 0. The summed E-state index contributed by atoms with van der Waals surface area (Å²) < 4.78 is 81.8. The fraction of sp³-hybridized carbons (Fsp3) is 0.522. The standard InChI is InChI=1S/C23H26F6N4O2/c1-13(22(24,25)26)31-35-17-9-8-15(23(27,28)29)10-16(17)20(34)30-19-11-18(21(2,3)4)32(5)33(19)12-14-6-7-14/h8-11,14H,6-7,12H2,1-5H3/b30-19+,31-13+. The normalized spacial score (nSPS) is 16.1. The molecule has 192 valence electrons. The summed E-state index contributed by atoms with van der Waals surface area (Å²) in [5.74, 6) is -1.27. The maximum Gasteiger partial charge on any atom is 0.432 e. The van der Waals surface area contributed by atoms with Crippen LogP contribution >= 0.6 is 0 Å². The lowest BCUT2D eigenvalue weighted by Crippen LogP contribution is -2.26. The molecule has 0 atom stereocenters. The average molecular weight is 504 g/mol. The molecule has 6 nitrogen and oxygen atoms in total. The largest absolute Gasteiger partial charge is 0.432 e. The lowest BCUT2D eigenvalue weighted by atomic mass is 9.92. The van der Waals surface area contributed by atoms with Crippen molar-refractivity contribution in [3.8, 4) is 5.75 Å². The molecule has 0 aliphatic heterocycles. The Bertz CT molecular complexity index is 1210. The number of carbonyl (C=O) groups excluding carboxylic acids is 1. The van der Waals surface area contributed by atoms with Gasteiger partial charge in [0.05, 0.1) is 11.1 Å². The lowest BCUT2D eigenvalue weighted by Gasteiger charge is -2.20. The van der Waals surface area contributed by atoms with Crippen LogP contribution in [0.4, 0.5) is 26.3 Å². The van der Waals surface area contributed by atoms with Crippen molar-refractivity contribution in [3.05, 3.63) is 46.6 Å². The van der Waals surface area contributed by atoms with Gasteiger partial charge in [-0.3, -0.25) is 14.2 Å². The van der Waals surface area contributed by atoms with Crippen molar-refractivity contribution in [2.24, 2.45) is 23.1 Å². The molecule has 12 heteroatoms. The van der Waals surface area contributed by atoms with E-state index < -0.39 is 40.8 Å². The molecule has 3 rings (SSSR count). The van der Waals surface area contributed by atoms with Crippen molar-refractivity contribution in [2.45, 2.75) is 64.8 Å². The number of halogens is 6. The van der Waals surface area contributed by atoms with Crippen LogP contribution in [-0.2, 0) is 25.2 Å². The molecule has 0 radical (unpaired) electrons. The number of aromatic nitrogens is 2. The van der Waals surface area contributed by atoms with Crippen LogP contribution in [-0.4, -0.2) is 27.2 Å². The second-order valence-electron chi connectivity index (χ2n) is 9.58. The predicted molar refractivity (Wildman–Crippen MR) is 116 cm³/mol. The molecule has 1 heterocycles. The summed E-state index contributed by atoms with van der Waals surface area (Å²) in [4.78, 5) is 21.9. The summed E-state index contributed by atoms with van der Waals surface area (Å²) in [5.41, 5.74) is -2.44. The zero-order chi connectivity index (χ0) is 26.3. The third-order valence-corrected chi connectivity index (χ3v) is 5.58. The molecule has 1 aromatic heterocycles. The van der Waals surface area contributed by atoms with E-state index >= 15 is 0 Å². The third kappa shape index (κ3) is 6.34. The number of alkyl halides is 6. The van der Waals surface area contributed by atoms with E-state index in [4.69, 9.17) is 4.84 Å². The molecular formula is C23H26F6N4O2. The number of carbonyl (C=O) groups is 1. The molecule has 0 unspecified atom stereocenters. The van der Waals surface area contributed by atoms with Gasteiger partial charge in [-0.1, -0.05) is 25.9 Å². The van der Waals surface area contributed by atoms with Gasteiger partial charge < -0.3 is 4.84 Å². The van der Waals surface area contributed by atoms with Crippen molar-refractivity contribution in [1.29, 1.82) is 0 Å². The van der Waals surface area contributed by atoms with E-state index in [1.165, 1.54) is 0 Å². The number of hydrogen-bond donors (Lipinski definition) is 0. The Morgan fingerprint density at radius 1 is 1.09 bits per heavy atom. The van der Waals surface area contributed by atoms with Crippen LogP contribution in [0.25, 0.3) is 0 Å². The maximum atomic E-state index is 13.3. The first-order valence-electron chi connectivity index (χ1n) is 10.8. The fourth-order valence-electron chi connectivity index (χ4n) is 3.41. The molecule has 35 heavy (non-hydrogen) atoms. The molecule has 1 fully saturated rings. The van der Waals surface area contributed by atoms with E-state index in [1.54, 1.807) is 17.8 Å². The van der Waals surface area contributed by atoms with Gasteiger partial charge in [-0.2, -0.15) is 31.3 Å². The van der Waals surface area contributed by atoms with E-state index in [-0.39, 0.29) is 10.9 Å². The molecule has 1 aromatic carbocycles. The second kappa shape index (κ2) is 9.19. The van der Waals surface area contributed by atoms with Gasteiger partial charge in [-0.15, -0.1) is 0 Å². The van der Waals surface area contributed by atoms with Gasteiger partial charge >= 0.3 is 12.4 Å². The molecule has 0 saturated heterocycles. The highest BCUT2D eigenvalue weighted by atomic mass is 19.4. The molecular weight excluding hydrogens is 478 g/mol. The highest BCUT2D eigenvalue weighted by Crippen LogP contribution is 2.34. The maximum absolute atomic E-state index is 13.3. The number of nitrogens with zero attached hydrogens (tertiary/aromatic N) is 4. The Morgan fingerprint density at radius 2 is 1.71 bits per heavy atom. The zero-order valence-corrected chi connectivity index (χ0v) is 19.9. The fourth-order valence-corrected chi connectivity index (χ4v) is 3.41. The van der Waals surface area contributed by atoms with Crippen LogP contribution in [0.2, 0.25) is 0 Å². The van der Waals surface area contributed by atoms with Crippen LogP contribution < -0.4 is 10.3 Å². The van der Waals surface area contributed by atoms with E-state index in [0.29, 0.717) is 31.5 Å². The van der Waals surface area contributed by atoms with Gasteiger partial charge in [0.15, 0.2) is 16.9 Å². The molecule has 2 aromatic rings. The first-order chi connectivity index (χ1) is 16.0. The lowest BCUT2D eigenvalue weighted by molar-refractivity contribution is -0.137. The topological polar surface area (TPSA) is 60.9 Å². The minimum Gasteiger partial charge on any atom is -0.356 e. The van der Waals surface area contributed by atoms with Gasteiger partial charge in [-0.05, 0) is 43.9 Å². The second-order valence-corrected chi connectivity index (χ2v) is 9.58. The Labute approximate surface area is 197 Å². The quantitative estimate of drug-likeness (QED) is 0.302. The number of rotatable bonds is 5. The number of oxime groups is 1. The van der Waals surface area contributed by atoms with Crippen molar-refractivity contribution in [3.63, 3.8) is 0 Å². The number of hydrogen-bond acceptors (Lipinski definition) is 3. The molecule has 1 amide bonds. The van der Waals surface area contributed by atoms with E-state index in [0.717, 1.165) is 24.6 Å². The highest BCUT2D eigenvalue weighted by Gasteiger charge is 2.34. The minimum atomic E-state index is -4.80. The van der Waals surface area contributed by atoms with Gasteiger partial charge in [0.25, 0.3) is 5.91 Å². The van der Waals surface area contributed by atoms with Gasteiger partial charge in [0.2, 0.25) is 0 Å². The molecule has 1 saturated carbocycles. The minimum absolute atomic E-state index is 0.229. The number of amides is 1. The highest BCUT2D eigenvalue weighted by molar-refractivity contribution is 5.98. The zero-order valence-electron chi connectivity index (χ0n) is 19.9. The summed E-state index contributed by atoms with van der Waals surface area (Å²) in [7, 11) is 1.81. The molecule has 0 N–H and O–H groups in total. The van der Waals surface area contributed by atoms with Gasteiger partial charge in [0, 0.05) is 30.8 Å². The smallest absolute Gasteiger partial charge is 0.356 e. The SMILES string of the molecule is C/C(=N\Oc1ccc(C(F)(F)F)cc1C(=O)/N=c1\cc(C(C)(C)C)n(C)n1CC1CC1)C(F)(F)F. The third-order valence-electron chi connectivity index (χ3n) is 5.58. The van der Waals surface area contributed by atoms with Crippen LogP contribution in [0, 0.1) is 5.92 Å². The Balaban J connectivity index is 2.12. The summed E-state index contributed by atoms with van der Waals surface area (Å²) in [6.45, 7) is 7.11. The van der Waals surface area contributed by atoms with E-state index in [2.05, 4.69) is 10.1 Å². The van der Waals surface area contributed by atoms with Gasteiger partial charge in [0.1, 0.15) is 0 Å². The molecule has 1 aliphatic carbocycles. The van der Waals surface area contributed by atoms with E-state index in [1.807, 2.05) is 25.5 Å². The van der Waals surface area contributed by atoms with Crippen LogP contribution in [0.3, 0.4) is 0 Å². The van der Waals surface area contributed by atoms with Crippen LogP contribution in [0.1, 0.15) is 62.2 Å². The Hall–Kier alpha value is -3.05. The van der Waals surface area contributed by atoms with Crippen molar-refractivity contribution < 1.29 is 36.0 Å². The van der Waals surface area contributed by atoms with Crippen molar-refractivity contribution in [2.75, 3.05) is 0 Å².